The van der Waals surface area contributed by atoms with Crippen molar-refractivity contribution in [3.63, 3.8) is 0 Å². The Bertz CT molecular complexity index is 852. The van der Waals surface area contributed by atoms with Gasteiger partial charge in [0.25, 0.3) is 10.0 Å². The maximum atomic E-state index is 12.2. The molecule has 0 saturated carbocycles. The second-order valence-corrected chi connectivity index (χ2v) is 6.83. The Labute approximate surface area is 129 Å². The highest BCUT2D eigenvalue weighted by molar-refractivity contribution is 7.93. The lowest BCUT2D eigenvalue weighted by atomic mass is 10.2. The van der Waals surface area contributed by atoms with E-state index in [1.165, 1.54) is 29.6 Å². The van der Waals surface area contributed by atoms with E-state index in [4.69, 9.17) is 22.0 Å². The monoisotopic (exact) mass is 342 g/mol. The number of sulfonamides is 1. The molecule has 1 aromatic carbocycles. The van der Waals surface area contributed by atoms with Crippen LogP contribution in [0.3, 0.4) is 0 Å². The van der Waals surface area contributed by atoms with Gasteiger partial charge in [0.05, 0.1) is 11.3 Å². The summed E-state index contributed by atoms with van der Waals surface area (Å²) >= 11 is 6.57. The number of nitriles is 1. The van der Waals surface area contributed by atoms with E-state index >= 15 is 0 Å². The summed E-state index contributed by atoms with van der Waals surface area (Å²) in [6.45, 7) is 0. The molecule has 0 bridgehead atoms. The molecule has 21 heavy (non-hydrogen) atoms. The van der Waals surface area contributed by atoms with Gasteiger partial charge in [0.1, 0.15) is 15.8 Å². The van der Waals surface area contributed by atoms with E-state index in [1.54, 1.807) is 0 Å². The summed E-state index contributed by atoms with van der Waals surface area (Å²) in [5.74, 6) is -1.34. The van der Waals surface area contributed by atoms with E-state index in [2.05, 4.69) is 4.72 Å². The summed E-state index contributed by atoms with van der Waals surface area (Å²) in [6, 6.07) is 7.12. The number of carboxylic acid groups (broad SMARTS) is 1. The largest absolute Gasteiger partial charge is 0.477 e. The number of carboxylic acids is 1. The number of benzene rings is 1. The molecular formula is C12H7ClN2O4S2. The van der Waals surface area contributed by atoms with Crippen LogP contribution in [0.2, 0.25) is 5.02 Å². The quantitative estimate of drug-likeness (QED) is 0.888. The molecule has 0 fully saturated rings. The first kappa shape index (κ1) is 15.3. The summed E-state index contributed by atoms with van der Waals surface area (Å²) in [6.07, 6.45) is 0. The highest BCUT2D eigenvalue weighted by Gasteiger charge is 2.24. The molecule has 1 aromatic heterocycles. The van der Waals surface area contributed by atoms with Crippen molar-refractivity contribution in [2.24, 2.45) is 0 Å². The molecule has 0 amide bonds. The second-order valence-electron chi connectivity index (χ2n) is 3.83. The molecule has 0 radical (unpaired) electrons. The zero-order valence-electron chi connectivity index (χ0n) is 10.2. The van der Waals surface area contributed by atoms with Gasteiger partial charge in [-0.2, -0.15) is 5.26 Å². The molecule has 2 N–H and O–H groups in total. The normalized spacial score (nSPS) is 10.9. The lowest BCUT2D eigenvalue weighted by Gasteiger charge is -2.09. The van der Waals surface area contributed by atoms with Crippen molar-refractivity contribution in [2.45, 2.75) is 4.90 Å². The van der Waals surface area contributed by atoms with Crippen LogP contribution < -0.4 is 4.72 Å². The van der Waals surface area contributed by atoms with E-state index in [9.17, 15) is 13.2 Å². The Morgan fingerprint density at radius 1 is 1.38 bits per heavy atom. The number of nitrogens with zero attached hydrogens (tertiary/aromatic N) is 1. The van der Waals surface area contributed by atoms with Crippen molar-refractivity contribution in [2.75, 3.05) is 4.72 Å². The number of hydrogen-bond acceptors (Lipinski definition) is 5. The number of halogens is 1. The van der Waals surface area contributed by atoms with Gasteiger partial charge >= 0.3 is 5.97 Å². The number of thiophene rings is 1. The SMILES string of the molecule is N#Cc1ccc(Cl)cc1NS(=O)(=O)c1ccsc1C(=O)O. The van der Waals surface area contributed by atoms with Crippen molar-refractivity contribution in [3.8, 4) is 6.07 Å². The molecule has 9 heteroatoms. The second kappa shape index (κ2) is 5.73. The molecule has 2 aromatic rings. The third-order valence-electron chi connectivity index (χ3n) is 2.46. The standard InChI is InChI=1S/C12H7ClN2O4S2/c13-8-2-1-7(6-14)9(5-8)15-21(18,19)10-3-4-20-11(10)12(16)17/h1-5,15H,(H,16,17). The number of rotatable bonds is 4. The topological polar surface area (TPSA) is 107 Å². The minimum atomic E-state index is -4.13. The van der Waals surface area contributed by atoms with E-state index in [-0.39, 0.29) is 26.0 Å². The summed E-state index contributed by atoms with van der Waals surface area (Å²) in [4.78, 5) is 10.3. The van der Waals surface area contributed by atoms with Crippen molar-refractivity contribution in [1.29, 1.82) is 5.26 Å². The van der Waals surface area contributed by atoms with Crippen LogP contribution in [0, 0.1) is 11.3 Å². The fourth-order valence-electron chi connectivity index (χ4n) is 1.56. The Balaban J connectivity index is 2.48. The van der Waals surface area contributed by atoms with Gasteiger partial charge in [-0.25, -0.2) is 13.2 Å². The highest BCUT2D eigenvalue weighted by Crippen LogP contribution is 2.27. The summed E-state index contributed by atoms with van der Waals surface area (Å²) in [5, 5.41) is 19.5. The van der Waals surface area contributed by atoms with Crippen LogP contribution in [0.4, 0.5) is 5.69 Å². The average Bonchev–Trinajstić information content (AvgIpc) is 2.88. The van der Waals surface area contributed by atoms with E-state index in [0.717, 1.165) is 11.3 Å². The maximum Gasteiger partial charge on any atom is 0.347 e. The minimum absolute atomic E-state index is 0.00691. The number of anilines is 1. The van der Waals surface area contributed by atoms with Gasteiger partial charge in [-0.05, 0) is 29.6 Å². The van der Waals surface area contributed by atoms with E-state index < -0.39 is 16.0 Å². The number of aromatic carboxylic acids is 1. The number of carbonyl (C=O) groups is 1. The van der Waals surface area contributed by atoms with Crippen LogP contribution in [-0.2, 0) is 10.0 Å². The smallest absolute Gasteiger partial charge is 0.347 e. The van der Waals surface area contributed by atoms with Gasteiger partial charge < -0.3 is 5.11 Å². The molecule has 6 nitrogen and oxygen atoms in total. The maximum absolute atomic E-state index is 12.2. The summed E-state index contributed by atoms with van der Waals surface area (Å²) in [7, 11) is -4.13. The molecule has 0 atom stereocenters. The van der Waals surface area contributed by atoms with Gasteiger partial charge in [-0.3, -0.25) is 4.72 Å². The summed E-state index contributed by atoms with van der Waals surface area (Å²) < 4.78 is 26.7. The third kappa shape index (κ3) is 3.16. The average molecular weight is 343 g/mol. The first-order valence-electron chi connectivity index (χ1n) is 5.38. The number of nitrogens with one attached hydrogen (secondary N) is 1. The van der Waals surface area contributed by atoms with Gasteiger partial charge in [-0.15, -0.1) is 11.3 Å². The Morgan fingerprint density at radius 2 is 2.10 bits per heavy atom. The first-order chi connectivity index (χ1) is 9.85. The third-order valence-corrected chi connectivity index (χ3v) is 5.13. The van der Waals surface area contributed by atoms with Crippen molar-refractivity contribution >= 4 is 44.6 Å². The predicted molar refractivity (Wildman–Crippen MR) is 78.3 cm³/mol. The van der Waals surface area contributed by atoms with Gasteiger partial charge in [-0.1, -0.05) is 11.6 Å². The fraction of sp³-hybridized carbons (Fsp3) is 0. The fourth-order valence-corrected chi connectivity index (χ4v) is 4.07. The minimum Gasteiger partial charge on any atom is -0.477 e. The number of hydrogen-bond donors (Lipinski definition) is 2. The van der Waals surface area contributed by atoms with E-state index in [0.29, 0.717) is 0 Å². The molecule has 0 unspecified atom stereocenters. The molecular weight excluding hydrogens is 336 g/mol. The molecule has 0 aliphatic carbocycles. The van der Waals surface area contributed by atoms with Crippen LogP contribution in [0.5, 0.6) is 0 Å². The zero-order chi connectivity index (χ0) is 15.6. The Hall–Kier alpha value is -2.08. The van der Waals surface area contributed by atoms with Crippen molar-refractivity contribution in [3.05, 3.63) is 45.1 Å². The summed E-state index contributed by atoms with van der Waals surface area (Å²) in [5.41, 5.74) is 0.0719. The molecule has 1 heterocycles. The Morgan fingerprint density at radius 3 is 2.71 bits per heavy atom. The lowest BCUT2D eigenvalue weighted by molar-refractivity contribution is 0.0698. The lowest BCUT2D eigenvalue weighted by Crippen LogP contribution is -2.15. The van der Waals surface area contributed by atoms with Crippen LogP contribution in [0.25, 0.3) is 0 Å². The Kier molecular flexibility index (Phi) is 4.18. The molecule has 0 aliphatic rings. The van der Waals surface area contributed by atoms with Crippen molar-refractivity contribution in [1.82, 2.24) is 0 Å². The molecule has 108 valence electrons. The molecule has 2 rings (SSSR count). The zero-order valence-corrected chi connectivity index (χ0v) is 12.6. The van der Waals surface area contributed by atoms with Crippen LogP contribution in [-0.4, -0.2) is 19.5 Å². The first-order valence-corrected chi connectivity index (χ1v) is 8.12. The molecule has 0 aliphatic heterocycles. The van der Waals surface area contributed by atoms with Crippen molar-refractivity contribution < 1.29 is 18.3 Å². The van der Waals surface area contributed by atoms with Crippen LogP contribution >= 0.6 is 22.9 Å². The molecule has 0 spiro atoms. The van der Waals surface area contributed by atoms with E-state index in [1.807, 2.05) is 6.07 Å². The van der Waals surface area contributed by atoms with Crippen LogP contribution in [0.1, 0.15) is 15.2 Å². The predicted octanol–water partition coefficient (Wildman–Crippen LogP) is 2.77. The van der Waals surface area contributed by atoms with Gasteiger partial charge in [0.2, 0.25) is 0 Å². The molecule has 0 saturated heterocycles. The van der Waals surface area contributed by atoms with Gasteiger partial charge in [0.15, 0.2) is 0 Å². The van der Waals surface area contributed by atoms with Crippen LogP contribution in [0.15, 0.2) is 34.5 Å². The van der Waals surface area contributed by atoms with Gasteiger partial charge in [0, 0.05) is 5.02 Å². The highest BCUT2D eigenvalue weighted by atomic mass is 35.5.